The lowest BCUT2D eigenvalue weighted by Crippen LogP contribution is -1.67. The minimum absolute atomic E-state index is 1.31. The summed E-state index contributed by atoms with van der Waals surface area (Å²) in [5, 5.41) is 2.62. The first-order chi connectivity index (χ1) is 7.97. The summed E-state index contributed by atoms with van der Waals surface area (Å²) < 4.78 is 0. The Hall–Kier alpha value is -2.22. The average molecular weight is 208 g/mol. The first-order valence-electron chi connectivity index (χ1n) is 5.10. The van der Waals surface area contributed by atoms with Crippen LogP contribution in [0.25, 0.3) is 10.8 Å². The van der Waals surface area contributed by atoms with E-state index in [9.17, 15) is 0 Å². The molecule has 0 amide bonds. The van der Waals surface area contributed by atoms with E-state index in [1.165, 1.54) is 17.1 Å². The Balaban J connectivity index is 0.000000138. The van der Waals surface area contributed by atoms with Gasteiger partial charge in [0.1, 0.15) is 6.33 Å². The van der Waals surface area contributed by atoms with Gasteiger partial charge in [-0.15, -0.1) is 0 Å². The van der Waals surface area contributed by atoms with Gasteiger partial charge in [-0.2, -0.15) is 0 Å². The second-order valence-corrected chi connectivity index (χ2v) is 3.25. The highest BCUT2D eigenvalue weighted by Gasteiger charge is 1.85. The lowest BCUT2D eigenvalue weighted by atomic mass is 10.1. The molecule has 0 fully saturated rings. The van der Waals surface area contributed by atoms with E-state index in [0.29, 0.717) is 0 Å². The number of hydrogen-bond donors (Lipinski definition) is 0. The monoisotopic (exact) mass is 208 g/mol. The fourth-order valence-electron chi connectivity index (χ4n) is 1.39. The van der Waals surface area contributed by atoms with Crippen molar-refractivity contribution < 1.29 is 0 Å². The summed E-state index contributed by atoms with van der Waals surface area (Å²) in [4.78, 5) is 7.35. The maximum atomic E-state index is 3.67. The van der Waals surface area contributed by atoms with Crippen LogP contribution in [0.3, 0.4) is 0 Å². The zero-order chi connectivity index (χ0) is 11.1. The third-order valence-corrected chi connectivity index (χ3v) is 2.14. The van der Waals surface area contributed by atoms with Crippen LogP contribution in [-0.2, 0) is 0 Å². The Kier molecular flexibility index (Phi) is 3.61. The molecule has 0 radical (unpaired) electrons. The van der Waals surface area contributed by atoms with Gasteiger partial charge in [-0.3, -0.25) is 0 Å². The van der Waals surface area contributed by atoms with Crippen LogP contribution < -0.4 is 0 Å². The zero-order valence-electron chi connectivity index (χ0n) is 8.82. The van der Waals surface area contributed by atoms with Crippen LogP contribution in [0.5, 0.6) is 0 Å². The quantitative estimate of drug-likeness (QED) is 0.566. The molecule has 0 aliphatic rings. The molecule has 0 aliphatic heterocycles. The fourth-order valence-corrected chi connectivity index (χ4v) is 1.39. The predicted octanol–water partition coefficient (Wildman–Crippen LogP) is 3.32. The van der Waals surface area contributed by atoms with E-state index >= 15 is 0 Å². The molecule has 0 saturated carbocycles. The number of hydrogen-bond acceptors (Lipinski definition) is 2. The Morgan fingerprint density at radius 1 is 0.562 bits per heavy atom. The van der Waals surface area contributed by atoms with Gasteiger partial charge in [-0.25, -0.2) is 9.97 Å². The summed E-state index contributed by atoms with van der Waals surface area (Å²) in [5.41, 5.74) is 0. The molecule has 0 N–H and O–H groups in total. The van der Waals surface area contributed by atoms with E-state index in [4.69, 9.17) is 0 Å². The summed E-state index contributed by atoms with van der Waals surface area (Å²) in [7, 11) is 0. The molecule has 0 saturated heterocycles. The maximum absolute atomic E-state index is 3.67. The topological polar surface area (TPSA) is 25.8 Å². The molecule has 0 spiro atoms. The molecule has 2 aromatic carbocycles. The second-order valence-electron chi connectivity index (χ2n) is 3.25. The standard InChI is InChI=1S/C10H8.C4H4N2/c1-2-6-10-8-4-3-7-9(10)5-1;1-2-5-4-6-3-1/h1-8H;1-4H. The van der Waals surface area contributed by atoms with Crippen molar-refractivity contribution in [1.29, 1.82) is 0 Å². The Morgan fingerprint density at radius 3 is 1.25 bits per heavy atom. The molecule has 78 valence electrons. The van der Waals surface area contributed by atoms with Gasteiger partial charge in [0.15, 0.2) is 0 Å². The number of benzene rings is 2. The Labute approximate surface area is 94.6 Å². The fraction of sp³-hybridized carbons (Fsp3) is 0. The molecular weight excluding hydrogens is 196 g/mol. The van der Waals surface area contributed by atoms with Crippen LogP contribution in [0.15, 0.2) is 73.3 Å². The highest BCUT2D eigenvalue weighted by Crippen LogP contribution is 2.11. The first kappa shape index (κ1) is 10.3. The van der Waals surface area contributed by atoms with E-state index in [1.54, 1.807) is 18.5 Å². The largest absolute Gasteiger partial charge is 0.245 e. The minimum Gasteiger partial charge on any atom is -0.245 e. The van der Waals surface area contributed by atoms with Gasteiger partial charge in [0.25, 0.3) is 0 Å². The van der Waals surface area contributed by atoms with E-state index in [1.807, 2.05) is 0 Å². The van der Waals surface area contributed by atoms with Crippen molar-refractivity contribution in [2.75, 3.05) is 0 Å². The minimum atomic E-state index is 1.31. The number of nitrogens with zero attached hydrogens (tertiary/aromatic N) is 2. The van der Waals surface area contributed by atoms with E-state index < -0.39 is 0 Å². The van der Waals surface area contributed by atoms with Crippen molar-refractivity contribution >= 4 is 10.8 Å². The highest BCUT2D eigenvalue weighted by atomic mass is 14.8. The molecule has 3 aromatic rings. The van der Waals surface area contributed by atoms with E-state index in [0.717, 1.165) is 0 Å². The molecule has 0 bridgehead atoms. The lowest BCUT2D eigenvalue weighted by molar-refractivity contribution is 1.17. The van der Waals surface area contributed by atoms with E-state index in [2.05, 4.69) is 58.5 Å². The smallest absolute Gasteiger partial charge is 0.115 e. The zero-order valence-corrected chi connectivity index (χ0v) is 8.82. The number of rotatable bonds is 0. The van der Waals surface area contributed by atoms with Gasteiger partial charge in [0.05, 0.1) is 0 Å². The molecule has 0 unspecified atom stereocenters. The van der Waals surface area contributed by atoms with Gasteiger partial charge >= 0.3 is 0 Å². The third-order valence-electron chi connectivity index (χ3n) is 2.14. The molecule has 2 heteroatoms. The molecular formula is C14H12N2. The van der Waals surface area contributed by atoms with Gasteiger partial charge in [-0.05, 0) is 16.8 Å². The number of fused-ring (bicyclic) bond motifs is 1. The summed E-state index contributed by atoms with van der Waals surface area (Å²) in [6, 6.07) is 18.5. The van der Waals surface area contributed by atoms with Crippen LogP contribution >= 0.6 is 0 Å². The molecule has 1 heterocycles. The Morgan fingerprint density at radius 2 is 1.00 bits per heavy atom. The lowest BCUT2D eigenvalue weighted by Gasteiger charge is -1.92. The molecule has 0 aliphatic carbocycles. The van der Waals surface area contributed by atoms with Crippen LogP contribution in [0, 0.1) is 0 Å². The maximum Gasteiger partial charge on any atom is 0.115 e. The van der Waals surface area contributed by atoms with Crippen molar-refractivity contribution in [3.05, 3.63) is 73.3 Å². The van der Waals surface area contributed by atoms with Crippen LogP contribution in [0.2, 0.25) is 0 Å². The van der Waals surface area contributed by atoms with Gasteiger partial charge in [0.2, 0.25) is 0 Å². The third kappa shape index (κ3) is 2.89. The van der Waals surface area contributed by atoms with Gasteiger partial charge in [-0.1, -0.05) is 48.5 Å². The van der Waals surface area contributed by atoms with E-state index in [-0.39, 0.29) is 0 Å². The van der Waals surface area contributed by atoms with Crippen LogP contribution in [0.1, 0.15) is 0 Å². The second kappa shape index (κ2) is 5.61. The Bertz CT molecular complexity index is 443. The SMILES string of the molecule is c1ccc2ccccc2c1.c1cncnc1. The molecule has 2 nitrogen and oxygen atoms in total. The summed E-state index contributed by atoms with van der Waals surface area (Å²) in [5.74, 6) is 0. The summed E-state index contributed by atoms with van der Waals surface area (Å²) in [6.45, 7) is 0. The molecule has 0 atom stereocenters. The highest BCUT2D eigenvalue weighted by molar-refractivity contribution is 5.81. The van der Waals surface area contributed by atoms with Crippen LogP contribution in [-0.4, -0.2) is 9.97 Å². The first-order valence-corrected chi connectivity index (χ1v) is 5.10. The number of aromatic nitrogens is 2. The van der Waals surface area contributed by atoms with Crippen molar-refractivity contribution in [2.24, 2.45) is 0 Å². The average Bonchev–Trinajstić information content (AvgIpc) is 2.42. The predicted molar refractivity (Wildman–Crippen MR) is 66.0 cm³/mol. The van der Waals surface area contributed by atoms with Crippen molar-refractivity contribution in [1.82, 2.24) is 9.97 Å². The molecule has 1 aromatic heterocycles. The van der Waals surface area contributed by atoms with Crippen molar-refractivity contribution in [3.8, 4) is 0 Å². The van der Waals surface area contributed by atoms with Crippen LogP contribution in [0.4, 0.5) is 0 Å². The van der Waals surface area contributed by atoms with Crippen molar-refractivity contribution in [3.63, 3.8) is 0 Å². The normalized spacial score (nSPS) is 9.25. The van der Waals surface area contributed by atoms with Crippen molar-refractivity contribution in [2.45, 2.75) is 0 Å². The summed E-state index contributed by atoms with van der Waals surface area (Å²) >= 11 is 0. The summed E-state index contributed by atoms with van der Waals surface area (Å²) in [6.07, 6.45) is 4.88. The van der Waals surface area contributed by atoms with Gasteiger partial charge < -0.3 is 0 Å². The molecule has 16 heavy (non-hydrogen) atoms. The molecule has 3 rings (SSSR count). The van der Waals surface area contributed by atoms with Gasteiger partial charge in [0, 0.05) is 12.4 Å².